The second-order valence-electron chi connectivity index (χ2n) is 3.83. The van der Waals surface area contributed by atoms with Gasteiger partial charge in [0.2, 0.25) is 0 Å². The van der Waals surface area contributed by atoms with Gasteiger partial charge in [0.05, 0.1) is 12.7 Å². The molecular formula is C13H19NO4S. The molecule has 0 unspecified atom stereocenters. The van der Waals surface area contributed by atoms with E-state index in [1.807, 2.05) is 0 Å². The van der Waals surface area contributed by atoms with Crippen molar-refractivity contribution in [2.75, 3.05) is 31.8 Å². The van der Waals surface area contributed by atoms with Gasteiger partial charge < -0.3 is 20.3 Å². The topological polar surface area (TPSA) is 78.8 Å². The number of amides is 1. The molecule has 0 atom stereocenters. The van der Waals surface area contributed by atoms with Crippen LogP contribution in [0.5, 0.6) is 11.5 Å². The number of nitrogens with one attached hydrogen (secondary N) is 1. The highest BCUT2D eigenvalue weighted by atomic mass is 32.2. The number of phenolic OH excluding ortho intramolecular Hbond substituents is 1. The zero-order valence-corrected chi connectivity index (χ0v) is 11.7. The van der Waals surface area contributed by atoms with Crippen LogP contribution in [0.15, 0.2) is 18.2 Å². The van der Waals surface area contributed by atoms with Crippen molar-refractivity contribution in [1.29, 1.82) is 0 Å². The summed E-state index contributed by atoms with van der Waals surface area (Å²) in [7, 11) is 1.51. The van der Waals surface area contributed by atoms with Gasteiger partial charge in [-0.2, -0.15) is 11.8 Å². The highest BCUT2D eigenvalue weighted by Crippen LogP contribution is 2.22. The SMILES string of the molecule is COc1ccc(O)c(C(=O)NCCSCCCO)c1. The van der Waals surface area contributed by atoms with Crippen LogP contribution in [0, 0.1) is 0 Å². The number of aliphatic hydroxyl groups excluding tert-OH is 1. The molecule has 3 N–H and O–H groups in total. The van der Waals surface area contributed by atoms with Gasteiger partial charge in [0.25, 0.3) is 5.91 Å². The predicted octanol–water partition coefficient (Wildman–Crippen LogP) is 1.25. The zero-order valence-electron chi connectivity index (χ0n) is 10.9. The van der Waals surface area contributed by atoms with Crippen molar-refractivity contribution in [3.8, 4) is 11.5 Å². The molecule has 0 aliphatic rings. The highest BCUT2D eigenvalue weighted by Gasteiger charge is 2.11. The molecule has 6 heteroatoms. The van der Waals surface area contributed by atoms with Gasteiger partial charge in [-0.1, -0.05) is 0 Å². The van der Waals surface area contributed by atoms with Gasteiger partial charge in [0, 0.05) is 18.9 Å². The lowest BCUT2D eigenvalue weighted by molar-refractivity contribution is 0.0953. The molecule has 1 aromatic carbocycles. The number of methoxy groups -OCH3 is 1. The van der Waals surface area contributed by atoms with Crippen molar-refractivity contribution < 1.29 is 19.7 Å². The number of rotatable bonds is 8. The number of carbonyl (C=O) groups excluding carboxylic acids is 1. The summed E-state index contributed by atoms with van der Waals surface area (Å²) in [5.74, 6) is 1.79. The zero-order chi connectivity index (χ0) is 14.1. The molecule has 0 saturated heterocycles. The molecule has 106 valence electrons. The van der Waals surface area contributed by atoms with Crippen LogP contribution in [0.2, 0.25) is 0 Å². The maximum atomic E-state index is 11.8. The first-order valence-electron chi connectivity index (χ1n) is 6.03. The molecule has 0 radical (unpaired) electrons. The minimum Gasteiger partial charge on any atom is -0.507 e. The quantitative estimate of drug-likeness (QED) is 0.626. The molecule has 19 heavy (non-hydrogen) atoms. The summed E-state index contributed by atoms with van der Waals surface area (Å²) >= 11 is 1.66. The van der Waals surface area contributed by atoms with Crippen LogP contribution >= 0.6 is 11.8 Å². The third kappa shape index (κ3) is 5.40. The van der Waals surface area contributed by atoms with E-state index in [0.717, 1.165) is 17.9 Å². The summed E-state index contributed by atoms with van der Waals surface area (Å²) in [6, 6.07) is 4.53. The first-order chi connectivity index (χ1) is 9.19. The summed E-state index contributed by atoms with van der Waals surface area (Å²) < 4.78 is 5.01. The van der Waals surface area contributed by atoms with E-state index in [4.69, 9.17) is 9.84 Å². The monoisotopic (exact) mass is 285 g/mol. The van der Waals surface area contributed by atoms with Gasteiger partial charge in [0.15, 0.2) is 0 Å². The maximum absolute atomic E-state index is 11.8. The lowest BCUT2D eigenvalue weighted by atomic mass is 10.2. The number of aliphatic hydroxyl groups is 1. The molecule has 0 fully saturated rings. The number of thioether (sulfide) groups is 1. The summed E-state index contributed by atoms with van der Waals surface area (Å²) in [6.07, 6.45) is 0.759. The van der Waals surface area contributed by atoms with Crippen molar-refractivity contribution in [3.05, 3.63) is 23.8 Å². The van der Waals surface area contributed by atoms with E-state index in [2.05, 4.69) is 5.32 Å². The van der Waals surface area contributed by atoms with Crippen molar-refractivity contribution in [3.63, 3.8) is 0 Å². The average Bonchev–Trinajstić information content (AvgIpc) is 2.43. The highest BCUT2D eigenvalue weighted by molar-refractivity contribution is 7.99. The first kappa shape index (κ1) is 15.7. The Bertz CT molecular complexity index is 412. The van der Waals surface area contributed by atoms with E-state index in [1.54, 1.807) is 17.8 Å². The molecule has 5 nitrogen and oxygen atoms in total. The number of hydrogen-bond donors (Lipinski definition) is 3. The summed E-state index contributed by atoms with van der Waals surface area (Å²) in [5.41, 5.74) is 0.208. The Labute approximate surface area is 117 Å². The number of carbonyl (C=O) groups is 1. The Morgan fingerprint density at radius 2 is 2.21 bits per heavy atom. The minimum absolute atomic E-state index is 0.0637. The molecule has 1 aromatic rings. The van der Waals surface area contributed by atoms with Crippen LogP contribution < -0.4 is 10.1 Å². The molecule has 0 aliphatic carbocycles. The lowest BCUT2D eigenvalue weighted by Crippen LogP contribution is -2.25. The third-order valence-corrected chi connectivity index (χ3v) is 3.50. The summed E-state index contributed by atoms with van der Waals surface area (Å²) in [5, 5.41) is 21.0. The smallest absolute Gasteiger partial charge is 0.255 e. The molecule has 0 bridgehead atoms. The van der Waals surface area contributed by atoms with Gasteiger partial charge in [-0.05, 0) is 30.4 Å². The standard InChI is InChI=1S/C13H19NO4S/c1-18-10-3-4-12(16)11(9-10)13(17)14-5-8-19-7-2-6-15/h3-4,9,15-16H,2,5-8H2,1H3,(H,14,17). The second-order valence-corrected chi connectivity index (χ2v) is 5.05. The Balaban J connectivity index is 2.40. The van der Waals surface area contributed by atoms with Crippen LogP contribution in [-0.4, -0.2) is 47.9 Å². The maximum Gasteiger partial charge on any atom is 0.255 e. The van der Waals surface area contributed by atoms with E-state index in [-0.39, 0.29) is 23.8 Å². The van der Waals surface area contributed by atoms with E-state index in [1.165, 1.54) is 19.2 Å². The Morgan fingerprint density at radius 3 is 2.89 bits per heavy atom. The lowest BCUT2D eigenvalue weighted by Gasteiger charge is -2.08. The number of hydrogen-bond acceptors (Lipinski definition) is 5. The Hall–Kier alpha value is -1.40. The van der Waals surface area contributed by atoms with Crippen LogP contribution in [0.3, 0.4) is 0 Å². The van der Waals surface area contributed by atoms with Crippen molar-refractivity contribution in [2.24, 2.45) is 0 Å². The van der Waals surface area contributed by atoms with E-state index >= 15 is 0 Å². The van der Waals surface area contributed by atoms with Crippen molar-refractivity contribution in [1.82, 2.24) is 5.32 Å². The molecule has 0 saturated carbocycles. The fourth-order valence-corrected chi connectivity index (χ4v) is 2.21. The molecule has 0 aromatic heterocycles. The van der Waals surface area contributed by atoms with Crippen molar-refractivity contribution >= 4 is 17.7 Å². The van der Waals surface area contributed by atoms with E-state index in [9.17, 15) is 9.90 Å². The van der Waals surface area contributed by atoms with Gasteiger partial charge in [0.1, 0.15) is 11.5 Å². The van der Waals surface area contributed by atoms with Crippen molar-refractivity contribution in [2.45, 2.75) is 6.42 Å². The Morgan fingerprint density at radius 1 is 1.42 bits per heavy atom. The average molecular weight is 285 g/mol. The minimum atomic E-state index is -0.320. The summed E-state index contributed by atoms with van der Waals surface area (Å²) in [6.45, 7) is 0.711. The molecular weight excluding hydrogens is 266 g/mol. The molecule has 0 heterocycles. The number of aromatic hydroxyl groups is 1. The van der Waals surface area contributed by atoms with Crippen LogP contribution in [0.1, 0.15) is 16.8 Å². The molecule has 1 rings (SSSR count). The van der Waals surface area contributed by atoms with Gasteiger partial charge in [-0.3, -0.25) is 4.79 Å². The third-order valence-electron chi connectivity index (χ3n) is 2.43. The van der Waals surface area contributed by atoms with Crippen LogP contribution in [-0.2, 0) is 0 Å². The fraction of sp³-hybridized carbons (Fsp3) is 0.462. The Kier molecular flexibility index (Phi) is 7.14. The molecule has 0 spiro atoms. The van der Waals surface area contributed by atoms with Crippen LogP contribution in [0.25, 0.3) is 0 Å². The van der Waals surface area contributed by atoms with E-state index in [0.29, 0.717) is 12.3 Å². The molecule has 1 amide bonds. The fourth-order valence-electron chi connectivity index (χ4n) is 1.42. The number of phenols is 1. The normalized spacial score (nSPS) is 10.2. The number of ether oxygens (including phenoxy) is 1. The molecule has 0 aliphatic heterocycles. The predicted molar refractivity (Wildman–Crippen MR) is 76.0 cm³/mol. The van der Waals surface area contributed by atoms with Crippen LogP contribution in [0.4, 0.5) is 0 Å². The first-order valence-corrected chi connectivity index (χ1v) is 7.18. The van der Waals surface area contributed by atoms with Gasteiger partial charge in [-0.25, -0.2) is 0 Å². The second kappa shape index (κ2) is 8.66. The largest absolute Gasteiger partial charge is 0.507 e. The van der Waals surface area contributed by atoms with Gasteiger partial charge >= 0.3 is 0 Å². The number of benzene rings is 1. The summed E-state index contributed by atoms with van der Waals surface area (Å²) in [4.78, 5) is 11.8. The van der Waals surface area contributed by atoms with Gasteiger partial charge in [-0.15, -0.1) is 0 Å². The van der Waals surface area contributed by atoms with E-state index < -0.39 is 0 Å².